The Morgan fingerprint density at radius 1 is 1.39 bits per heavy atom. The molecular formula is C18H24N4O. The van der Waals surface area contributed by atoms with E-state index >= 15 is 0 Å². The molecule has 0 aliphatic carbocycles. The zero-order valence-electron chi connectivity index (χ0n) is 13.6. The third-order valence-corrected chi connectivity index (χ3v) is 4.59. The van der Waals surface area contributed by atoms with E-state index in [0.29, 0.717) is 12.6 Å². The molecule has 2 atom stereocenters. The van der Waals surface area contributed by atoms with Gasteiger partial charge in [0.25, 0.3) is 0 Å². The van der Waals surface area contributed by atoms with Gasteiger partial charge in [0.05, 0.1) is 6.04 Å². The highest BCUT2D eigenvalue weighted by Gasteiger charge is 2.29. The highest BCUT2D eigenvalue weighted by Crippen LogP contribution is 2.25. The lowest BCUT2D eigenvalue weighted by atomic mass is 10.0. The molecule has 1 amide bonds. The monoisotopic (exact) mass is 312 g/mol. The Bertz CT molecular complexity index is 652. The van der Waals surface area contributed by atoms with Gasteiger partial charge in [0.1, 0.15) is 11.9 Å². The van der Waals surface area contributed by atoms with Crippen molar-refractivity contribution >= 4 is 5.91 Å². The molecular weight excluding hydrogens is 288 g/mol. The molecule has 1 aliphatic rings. The lowest BCUT2D eigenvalue weighted by Gasteiger charge is -2.35. The van der Waals surface area contributed by atoms with Crippen LogP contribution in [0.15, 0.2) is 42.7 Å². The summed E-state index contributed by atoms with van der Waals surface area (Å²) in [5.41, 5.74) is 7.05. The summed E-state index contributed by atoms with van der Waals surface area (Å²) < 4.78 is 2.22. The number of amides is 1. The lowest BCUT2D eigenvalue weighted by Crippen LogP contribution is -2.45. The Labute approximate surface area is 137 Å². The van der Waals surface area contributed by atoms with Crippen molar-refractivity contribution in [2.75, 3.05) is 13.1 Å². The maximum Gasteiger partial charge on any atom is 0.244 e. The van der Waals surface area contributed by atoms with Gasteiger partial charge in [0, 0.05) is 31.9 Å². The van der Waals surface area contributed by atoms with Crippen LogP contribution in [0.1, 0.15) is 43.2 Å². The van der Waals surface area contributed by atoms with Crippen molar-refractivity contribution in [2.45, 2.75) is 38.3 Å². The minimum Gasteiger partial charge on any atom is -0.339 e. The Morgan fingerprint density at radius 3 is 2.91 bits per heavy atom. The highest BCUT2D eigenvalue weighted by molar-refractivity contribution is 5.83. The molecule has 1 saturated heterocycles. The normalized spacial score (nSPS) is 19.6. The van der Waals surface area contributed by atoms with Crippen LogP contribution < -0.4 is 5.73 Å². The Hall–Kier alpha value is -2.14. The van der Waals surface area contributed by atoms with E-state index in [1.54, 1.807) is 0 Å². The van der Waals surface area contributed by atoms with Crippen molar-refractivity contribution in [3.63, 3.8) is 0 Å². The zero-order chi connectivity index (χ0) is 16.2. The van der Waals surface area contributed by atoms with Crippen molar-refractivity contribution in [2.24, 2.45) is 5.73 Å². The van der Waals surface area contributed by atoms with Crippen LogP contribution >= 0.6 is 0 Å². The number of aromatic nitrogens is 2. The first-order valence-corrected chi connectivity index (χ1v) is 8.31. The Morgan fingerprint density at radius 2 is 2.17 bits per heavy atom. The van der Waals surface area contributed by atoms with Gasteiger partial charge in [-0.3, -0.25) is 4.79 Å². The zero-order valence-corrected chi connectivity index (χ0v) is 13.6. The number of hydrogen-bond donors (Lipinski definition) is 1. The van der Waals surface area contributed by atoms with Crippen molar-refractivity contribution in [3.05, 3.63) is 54.1 Å². The number of likely N-dealkylation sites (tertiary alicyclic amines) is 1. The largest absolute Gasteiger partial charge is 0.339 e. The van der Waals surface area contributed by atoms with E-state index in [1.807, 2.05) is 47.6 Å². The number of rotatable bonds is 4. The van der Waals surface area contributed by atoms with E-state index in [0.717, 1.165) is 37.2 Å². The summed E-state index contributed by atoms with van der Waals surface area (Å²) in [6.45, 7) is 3.60. The van der Waals surface area contributed by atoms with Gasteiger partial charge in [0.2, 0.25) is 5.91 Å². The molecule has 0 radical (unpaired) electrons. The van der Waals surface area contributed by atoms with Gasteiger partial charge in [-0.05, 0) is 18.4 Å². The summed E-state index contributed by atoms with van der Waals surface area (Å²) in [5, 5.41) is 0. The minimum atomic E-state index is -0.580. The molecule has 5 heteroatoms. The fourth-order valence-electron chi connectivity index (χ4n) is 3.33. The predicted octanol–water partition coefficient (Wildman–Crippen LogP) is 2.31. The standard InChI is InChI=1S/C18H24N4O/c1-2-16-20-10-12-22(16)15-9-6-11-21(13-15)18(23)17(19)14-7-4-3-5-8-14/h3-5,7-8,10,12,15,17H,2,6,9,11,13,19H2,1H3. The van der Waals surface area contributed by atoms with Crippen LogP contribution in [0.25, 0.3) is 0 Å². The number of carbonyl (C=O) groups is 1. The number of piperidine rings is 1. The summed E-state index contributed by atoms with van der Waals surface area (Å²) in [7, 11) is 0. The molecule has 1 aromatic heterocycles. The molecule has 3 rings (SSSR count). The molecule has 1 fully saturated rings. The number of hydrogen-bond acceptors (Lipinski definition) is 3. The van der Waals surface area contributed by atoms with Gasteiger partial charge >= 0.3 is 0 Å². The summed E-state index contributed by atoms with van der Waals surface area (Å²) in [6.07, 6.45) is 6.85. The van der Waals surface area contributed by atoms with Gasteiger partial charge in [0.15, 0.2) is 0 Å². The number of benzene rings is 1. The lowest BCUT2D eigenvalue weighted by molar-refractivity contribution is -0.134. The maximum absolute atomic E-state index is 12.7. The van der Waals surface area contributed by atoms with Crippen LogP contribution in [-0.4, -0.2) is 33.4 Å². The number of aryl methyl sites for hydroxylation is 1. The fourth-order valence-corrected chi connectivity index (χ4v) is 3.33. The van der Waals surface area contributed by atoms with E-state index < -0.39 is 6.04 Å². The van der Waals surface area contributed by atoms with Crippen LogP contribution in [-0.2, 0) is 11.2 Å². The second-order valence-corrected chi connectivity index (χ2v) is 6.07. The molecule has 23 heavy (non-hydrogen) atoms. The molecule has 0 saturated carbocycles. The van der Waals surface area contributed by atoms with E-state index in [2.05, 4.69) is 16.5 Å². The van der Waals surface area contributed by atoms with E-state index in [9.17, 15) is 4.79 Å². The number of nitrogens with zero attached hydrogens (tertiary/aromatic N) is 3. The topological polar surface area (TPSA) is 64.2 Å². The number of nitrogens with two attached hydrogens (primary N) is 1. The van der Waals surface area contributed by atoms with Crippen molar-refractivity contribution in [1.29, 1.82) is 0 Å². The fraction of sp³-hybridized carbons (Fsp3) is 0.444. The Balaban J connectivity index is 1.72. The van der Waals surface area contributed by atoms with Gasteiger partial charge in [-0.25, -0.2) is 4.98 Å². The quantitative estimate of drug-likeness (QED) is 0.942. The molecule has 2 N–H and O–H groups in total. The van der Waals surface area contributed by atoms with E-state index in [-0.39, 0.29) is 5.91 Å². The molecule has 0 bridgehead atoms. The van der Waals surface area contributed by atoms with Crippen LogP contribution in [0.5, 0.6) is 0 Å². The van der Waals surface area contributed by atoms with Crippen LogP contribution in [0, 0.1) is 0 Å². The molecule has 2 unspecified atom stereocenters. The van der Waals surface area contributed by atoms with E-state index in [4.69, 9.17) is 5.73 Å². The average molecular weight is 312 g/mol. The molecule has 122 valence electrons. The summed E-state index contributed by atoms with van der Waals surface area (Å²) in [4.78, 5) is 19.0. The predicted molar refractivity (Wildman–Crippen MR) is 89.8 cm³/mol. The van der Waals surface area contributed by atoms with Crippen molar-refractivity contribution in [1.82, 2.24) is 14.5 Å². The van der Waals surface area contributed by atoms with Crippen LogP contribution in [0.4, 0.5) is 0 Å². The average Bonchev–Trinajstić information content (AvgIpc) is 3.10. The van der Waals surface area contributed by atoms with Gasteiger partial charge in [-0.15, -0.1) is 0 Å². The third kappa shape index (κ3) is 3.29. The van der Waals surface area contributed by atoms with Crippen LogP contribution in [0.3, 0.4) is 0 Å². The third-order valence-electron chi connectivity index (χ3n) is 4.59. The Kier molecular flexibility index (Phi) is 4.76. The highest BCUT2D eigenvalue weighted by atomic mass is 16.2. The molecule has 1 aromatic carbocycles. The summed E-state index contributed by atoms with van der Waals surface area (Å²) in [6, 6.07) is 9.31. The second kappa shape index (κ2) is 6.96. The number of carbonyl (C=O) groups excluding carboxylic acids is 1. The molecule has 5 nitrogen and oxygen atoms in total. The molecule has 0 spiro atoms. The second-order valence-electron chi connectivity index (χ2n) is 6.07. The van der Waals surface area contributed by atoms with Gasteiger partial charge < -0.3 is 15.2 Å². The van der Waals surface area contributed by atoms with Crippen molar-refractivity contribution in [3.8, 4) is 0 Å². The first-order valence-electron chi connectivity index (χ1n) is 8.31. The summed E-state index contributed by atoms with van der Waals surface area (Å²) >= 11 is 0. The number of imidazole rings is 1. The SMILES string of the molecule is CCc1nccn1C1CCCN(C(=O)C(N)c2ccccc2)C1. The molecule has 2 heterocycles. The molecule has 2 aromatic rings. The van der Waals surface area contributed by atoms with Crippen LogP contribution in [0.2, 0.25) is 0 Å². The first kappa shape index (κ1) is 15.7. The maximum atomic E-state index is 12.7. The molecule has 1 aliphatic heterocycles. The van der Waals surface area contributed by atoms with E-state index in [1.165, 1.54) is 0 Å². The van der Waals surface area contributed by atoms with Gasteiger partial charge in [-0.1, -0.05) is 37.3 Å². The minimum absolute atomic E-state index is 0.0130. The smallest absolute Gasteiger partial charge is 0.244 e. The summed E-state index contributed by atoms with van der Waals surface area (Å²) in [5.74, 6) is 1.09. The van der Waals surface area contributed by atoms with Gasteiger partial charge in [-0.2, -0.15) is 0 Å². The first-order chi connectivity index (χ1) is 11.2. The van der Waals surface area contributed by atoms with Crippen molar-refractivity contribution < 1.29 is 4.79 Å².